The highest BCUT2D eigenvalue weighted by Crippen LogP contribution is 2.31. The van der Waals surface area contributed by atoms with Crippen molar-refractivity contribution in [1.29, 1.82) is 0 Å². The lowest BCUT2D eigenvalue weighted by molar-refractivity contribution is 0.284. The van der Waals surface area contributed by atoms with Gasteiger partial charge in [0.1, 0.15) is 0 Å². The van der Waals surface area contributed by atoms with Crippen LogP contribution in [-0.2, 0) is 6.54 Å². The van der Waals surface area contributed by atoms with Gasteiger partial charge in [-0.2, -0.15) is 0 Å². The van der Waals surface area contributed by atoms with E-state index >= 15 is 0 Å². The second kappa shape index (κ2) is 6.78. The highest BCUT2D eigenvalue weighted by atomic mass is 16.5. The van der Waals surface area contributed by atoms with Gasteiger partial charge in [-0.15, -0.1) is 0 Å². The molecule has 1 saturated heterocycles. The average molecular weight is 264 g/mol. The van der Waals surface area contributed by atoms with Gasteiger partial charge in [-0.25, -0.2) is 0 Å². The quantitative estimate of drug-likeness (QED) is 0.850. The number of hydrogen-bond donors (Lipinski definition) is 1. The third kappa shape index (κ3) is 3.61. The molecule has 19 heavy (non-hydrogen) atoms. The Labute approximate surface area is 115 Å². The summed E-state index contributed by atoms with van der Waals surface area (Å²) >= 11 is 0. The van der Waals surface area contributed by atoms with Crippen LogP contribution in [0.1, 0.15) is 18.4 Å². The van der Waals surface area contributed by atoms with Gasteiger partial charge in [0.05, 0.1) is 14.2 Å². The molecule has 4 heteroatoms. The fraction of sp³-hybridized carbons (Fsp3) is 0.600. The SMILES string of the molecule is COc1cccc(CN(C)CC2CCCN2)c1OC. The van der Waals surface area contributed by atoms with Gasteiger partial charge in [-0.3, -0.25) is 0 Å². The van der Waals surface area contributed by atoms with Crippen LogP contribution in [0.2, 0.25) is 0 Å². The van der Waals surface area contributed by atoms with Crippen molar-refractivity contribution in [2.24, 2.45) is 0 Å². The largest absolute Gasteiger partial charge is 0.493 e. The molecule has 0 bridgehead atoms. The minimum atomic E-state index is 0.626. The molecule has 1 heterocycles. The molecule has 0 amide bonds. The number of hydrogen-bond acceptors (Lipinski definition) is 4. The van der Waals surface area contributed by atoms with Crippen LogP contribution in [-0.4, -0.2) is 45.3 Å². The maximum absolute atomic E-state index is 5.47. The van der Waals surface area contributed by atoms with Gasteiger partial charge < -0.3 is 19.7 Å². The first kappa shape index (κ1) is 14.2. The maximum Gasteiger partial charge on any atom is 0.165 e. The van der Waals surface area contributed by atoms with Crippen LogP contribution in [0.15, 0.2) is 18.2 Å². The third-order valence-corrected chi connectivity index (χ3v) is 3.62. The Bertz CT molecular complexity index is 403. The van der Waals surface area contributed by atoms with Gasteiger partial charge in [-0.05, 0) is 32.5 Å². The van der Waals surface area contributed by atoms with Crippen LogP contribution in [0.4, 0.5) is 0 Å². The molecule has 1 atom stereocenters. The maximum atomic E-state index is 5.47. The van der Waals surface area contributed by atoms with E-state index in [0.717, 1.165) is 31.1 Å². The van der Waals surface area contributed by atoms with Crippen LogP contribution in [0, 0.1) is 0 Å². The zero-order chi connectivity index (χ0) is 13.7. The molecular formula is C15H24N2O2. The molecule has 1 aliphatic rings. The third-order valence-electron chi connectivity index (χ3n) is 3.62. The summed E-state index contributed by atoms with van der Waals surface area (Å²) in [5.74, 6) is 1.64. The number of benzene rings is 1. The minimum Gasteiger partial charge on any atom is -0.493 e. The van der Waals surface area contributed by atoms with Gasteiger partial charge in [0.15, 0.2) is 11.5 Å². The molecular weight excluding hydrogens is 240 g/mol. The van der Waals surface area contributed by atoms with Gasteiger partial charge >= 0.3 is 0 Å². The second-order valence-corrected chi connectivity index (χ2v) is 5.14. The first-order valence-corrected chi connectivity index (χ1v) is 6.86. The lowest BCUT2D eigenvalue weighted by atomic mass is 10.1. The van der Waals surface area contributed by atoms with E-state index < -0.39 is 0 Å². The number of likely N-dealkylation sites (N-methyl/N-ethyl adjacent to an activating group) is 1. The summed E-state index contributed by atoms with van der Waals surface area (Å²) in [6, 6.07) is 6.67. The van der Waals surface area contributed by atoms with E-state index in [4.69, 9.17) is 9.47 Å². The fourth-order valence-corrected chi connectivity index (χ4v) is 2.72. The first-order chi connectivity index (χ1) is 9.24. The predicted octanol–water partition coefficient (Wildman–Crippen LogP) is 1.89. The van der Waals surface area contributed by atoms with Gasteiger partial charge in [-0.1, -0.05) is 12.1 Å². The van der Waals surface area contributed by atoms with Crippen molar-refractivity contribution in [3.63, 3.8) is 0 Å². The van der Waals surface area contributed by atoms with E-state index in [2.05, 4.69) is 23.3 Å². The summed E-state index contributed by atoms with van der Waals surface area (Å²) < 4.78 is 10.8. The Morgan fingerprint density at radius 3 is 2.79 bits per heavy atom. The Balaban J connectivity index is 2.01. The number of methoxy groups -OCH3 is 2. The van der Waals surface area contributed by atoms with Gasteiger partial charge in [0.25, 0.3) is 0 Å². The summed E-state index contributed by atoms with van der Waals surface area (Å²) in [7, 11) is 5.52. The topological polar surface area (TPSA) is 33.7 Å². The molecule has 106 valence electrons. The van der Waals surface area contributed by atoms with Crippen molar-refractivity contribution in [2.75, 3.05) is 34.4 Å². The summed E-state index contributed by atoms with van der Waals surface area (Å²) in [4.78, 5) is 2.33. The average Bonchev–Trinajstić information content (AvgIpc) is 2.91. The molecule has 4 nitrogen and oxygen atoms in total. The van der Waals surface area contributed by atoms with E-state index in [0.29, 0.717) is 6.04 Å². The van der Waals surface area contributed by atoms with Crippen molar-refractivity contribution in [2.45, 2.75) is 25.4 Å². The van der Waals surface area contributed by atoms with Gasteiger partial charge in [0.2, 0.25) is 0 Å². The number of rotatable bonds is 6. The van der Waals surface area contributed by atoms with Crippen LogP contribution >= 0.6 is 0 Å². The number of nitrogens with one attached hydrogen (secondary N) is 1. The highest BCUT2D eigenvalue weighted by Gasteiger charge is 2.17. The van der Waals surface area contributed by atoms with Crippen LogP contribution in [0.3, 0.4) is 0 Å². The molecule has 0 radical (unpaired) electrons. The molecule has 1 fully saturated rings. The van der Waals surface area contributed by atoms with Crippen molar-refractivity contribution < 1.29 is 9.47 Å². The molecule has 2 rings (SSSR count). The molecule has 1 aromatic carbocycles. The molecule has 1 N–H and O–H groups in total. The molecule has 0 saturated carbocycles. The lowest BCUT2D eigenvalue weighted by Crippen LogP contribution is -2.35. The van der Waals surface area contributed by atoms with Crippen molar-refractivity contribution >= 4 is 0 Å². The fourth-order valence-electron chi connectivity index (χ4n) is 2.72. The minimum absolute atomic E-state index is 0.626. The summed E-state index contributed by atoms with van der Waals surface area (Å²) in [5.41, 5.74) is 1.17. The van der Waals surface area contributed by atoms with E-state index in [1.165, 1.54) is 18.4 Å². The highest BCUT2D eigenvalue weighted by molar-refractivity contribution is 5.46. The number of ether oxygens (including phenoxy) is 2. The van der Waals surface area contributed by atoms with E-state index in [1.54, 1.807) is 14.2 Å². The Kier molecular flexibility index (Phi) is 5.05. The number of nitrogens with zero attached hydrogens (tertiary/aromatic N) is 1. The molecule has 1 aromatic rings. The molecule has 0 spiro atoms. The standard InChI is InChI=1S/C15H24N2O2/c1-17(11-13-7-5-9-16-13)10-12-6-4-8-14(18-2)15(12)19-3/h4,6,8,13,16H,5,7,9-11H2,1-3H3. The van der Waals surface area contributed by atoms with E-state index in [1.807, 2.05) is 12.1 Å². The molecule has 1 aliphatic heterocycles. The Morgan fingerprint density at radius 2 is 2.16 bits per heavy atom. The van der Waals surface area contributed by atoms with Crippen molar-refractivity contribution in [3.05, 3.63) is 23.8 Å². The van der Waals surface area contributed by atoms with Crippen LogP contribution in [0.25, 0.3) is 0 Å². The monoisotopic (exact) mass is 264 g/mol. The van der Waals surface area contributed by atoms with Crippen molar-refractivity contribution in [1.82, 2.24) is 10.2 Å². The Hall–Kier alpha value is -1.26. The van der Waals surface area contributed by atoms with Crippen molar-refractivity contribution in [3.8, 4) is 11.5 Å². The van der Waals surface area contributed by atoms with E-state index in [-0.39, 0.29) is 0 Å². The molecule has 1 unspecified atom stereocenters. The lowest BCUT2D eigenvalue weighted by Gasteiger charge is -2.22. The number of para-hydroxylation sites is 1. The molecule has 0 aromatic heterocycles. The summed E-state index contributed by atoms with van der Waals surface area (Å²) in [6.45, 7) is 3.10. The van der Waals surface area contributed by atoms with Gasteiger partial charge in [0, 0.05) is 24.7 Å². The summed E-state index contributed by atoms with van der Waals surface area (Å²) in [6.07, 6.45) is 2.57. The summed E-state index contributed by atoms with van der Waals surface area (Å²) in [5, 5.41) is 3.53. The van der Waals surface area contributed by atoms with Crippen LogP contribution in [0.5, 0.6) is 11.5 Å². The predicted molar refractivity (Wildman–Crippen MR) is 76.9 cm³/mol. The zero-order valence-electron chi connectivity index (χ0n) is 12.1. The zero-order valence-corrected chi connectivity index (χ0v) is 12.1. The Morgan fingerprint density at radius 1 is 1.32 bits per heavy atom. The van der Waals surface area contributed by atoms with Crippen LogP contribution < -0.4 is 14.8 Å². The molecule has 0 aliphatic carbocycles. The first-order valence-electron chi connectivity index (χ1n) is 6.86. The van der Waals surface area contributed by atoms with E-state index in [9.17, 15) is 0 Å². The second-order valence-electron chi connectivity index (χ2n) is 5.14. The smallest absolute Gasteiger partial charge is 0.165 e. The normalized spacial score (nSPS) is 18.8.